The average molecular weight is 434 g/mol. The maximum absolute atomic E-state index is 12.1. The van der Waals surface area contributed by atoms with E-state index in [1.54, 1.807) is 24.3 Å². The van der Waals surface area contributed by atoms with Crippen LogP contribution in [0.1, 0.15) is 18.4 Å². The molecule has 7 heteroatoms. The van der Waals surface area contributed by atoms with Gasteiger partial charge in [0.25, 0.3) is 0 Å². The number of benzene rings is 3. The molecule has 0 saturated carbocycles. The van der Waals surface area contributed by atoms with Gasteiger partial charge in [0.15, 0.2) is 0 Å². The molecule has 0 saturated heterocycles. The van der Waals surface area contributed by atoms with Crippen molar-refractivity contribution in [3.63, 3.8) is 0 Å². The van der Waals surface area contributed by atoms with Crippen LogP contribution in [-0.4, -0.2) is 24.6 Å². The molecule has 0 unspecified atom stereocenters. The summed E-state index contributed by atoms with van der Waals surface area (Å²) in [6.07, 6.45) is 6.80. The molecule has 0 radical (unpaired) electrons. The number of hydrogen-bond acceptors (Lipinski definition) is 4. The summed E-state index contributed by atoms with van der Waals surface area (Å²) in [5, 5.41) is 9.15. The molecule has 6 nitrogen and oxygen atoms in total. The summed E-state index contributed by atoms with van der Waals surface area (Å²) in [5.41, 5.74) is 3.72. The lowest BCUT2D eigenvalue weighted by Crippen LogP contribution is -2.20. The summed E-state index contributed by atoms with van der Waals surface area (Å²) in [5.74, 6) is 2.32. The van der Waals surface area contributed by atoms with Gasteiger partial charge in [0.05, 0.1) is 6.21 Å². The molecular formula is C24H20ClN3O3. The van der Waals surface area contributed by atoms with Crippen LogP contribution in [0.3, 0.4) is 0 Å². The zero-order valence-corrected chi connectivity index (χ0v) is 17.4. The van der Waals surface area contributed by atoms with Crippen LogP contribution >= 0.6 is 11.6 Å². The lowest BCUT2D eigenvalue weighted by Gasteiger charge is -2.10. The van der Waals surface area contributed by atoms with E-state index in [-0.39, 0.29) is 31.3 Å². The minimum absolute atomic E-state index is 0.0126. The van der Waals surface area contributed by atoms with Gasteiger partial charge in [-0.05, 0) is 35.0 Å². The van der Waals surface area contributed by atoms with E-state index in [9.17, 15) is 9.59 Å². The first kappa shape index (κ1) is 21.9. The molecule has 0 aromatic heterocycles. The highest BCUT2D eigenvalue weighted by Crippen LogP contribution is 2.26. The molecule has 2 N–H and O–H groups in total. The number of hydrazone groups is 1. The Morgan fingerprint density at radius 3 is 2.68 bits per heavy atom. The lowest BCUT2D eigenvalue weighted by molar-refractivity contribution is -0.124. The molecule has 0 spiro atoms. The predicted molar refractivity (Wildman–Crippen MR) is 123 cm³/mol. The van der Waals surface area contributed by atoms with Crippen LogP contribution in [0, 0.1) is 12.3 Å². The van der Waals surface area contributed by atoms with E-state index >= 15 is 0 Å². The molecule has 0 aliphatic rings. The third-order valence-electron chi connectivity index (χ3n) is 4.31. The fraction of sp³-hybridized carbons (Fsp3) is 0.125. The van der Waals surface area contributed by atoms with Crippen molar-refractivity contribution in [2.75, 3.05) is 11.9 Å². The third kappa shape index (κ3) is 6.33. The van der Waals surface area contributed by atoms with E-state index in [0.29, 0.717) is 22.0 Å². The minimum Gasteiger partial charge on any atom is -0.480 e. The van der Waals surface area contributed by atoms with E-state index in [0.717, 1.165) is 10.8 Å². The lowest BCUT2D eigenvalue weighted by atomic mass is 10.0. The largest absolute Gasteiger partial charge is 0.480 e. The molecule has 0 aliphatic carbocycles. The van der Waals surface area contributed by atoms with E-state index in [4.69, 9.17) is 22.8 Å². The highest BCUT2D eigenvalue weighted by atomic mass is 35.5. The maximum Gasteiger partial charge on any atom is 0.240 e. The smallest absolute Gasteiger partial charge is 0.240 e. The van der Waals surface area contributed by atoms with Gasteiger partial charge in [0, 0.05) is 29.1 Å². The second kappa shape index (κ2) is 10.8. The highest BCUT2D eigenvalue weighted by Gasteiger charge is 2.09. The number of anilines is 1. The van der Waals surface area contributed by atoms with Crippen molar-refractivity contribution in [2.24, 2.45) is 5.10 Å². The molecule has 2 amide bonds. The van der Waals surface area contributed by atoms with Crippen LogP contribution in [0.25, 0.3) is 10.8 Å². The quantitative estimate of drug-likeness (QED) is 0.314. The number of rotatable bonds is 8. The Morgan fingerprint density at radius 2 is 1.87 bits per heavy atom. The fourth-order valence-corrected chi connectivity index (χ4v) is 3.09. The molecule has 3 rings (SSSR count). The normalized spacial score (nSPS) is 10.6. The number of fused-ring (bicyclic) bond motifs is 1. The van der Waals surface area contributed by atoms with Gasteiger partial charge in [-0.2, -0.15) is 5.10 Å². The second-order valence-corrected chi connectivity index (χ2v) is 6.98. The van der Waals surface area contributed by atoms with Gasteiger partial charge < -0.3 is 10.1 Å². The van der Waals surface area contributed by atoms with Crippen LogP contribution in [0.4, 0.5) is 5.69 Å². The van der Waals surface area contributed by atoms with Crippen molar-refractivity contribution < 1.29 is 14.3 Å². The SMILES string of the molecule is C#CCOc1ccc2ccccc2c1C=NNC(=O)CCC(=O)Nc1cccc(Cl)c1. The highest BCUT2D eigenvalue weighted by molar-refractivity contribution is 6.30. The Balaban J connectivity index is 1.59. The van der Waals surface area contributed by atoms with Gasteiger partial charge in [-0.1, -0.05) is 53.9 Å². The van der Waals surface area contributed by atoms with Crippen molar-refractivity contribution >= 4 is 46.1 Å². The summed E-state index contributed by atoms with van der Waals surface area (Å²) >= 11 is 5.89. The van der Waals surface area contributed by atoms with Gasteiger partial charge >= 0.3 is 0 Å². The maximum atomic E-state index is 12.1. The summed E-state index contributed by atoms with van der Waals surface area (Å²) in [7, 11) is 0. The van der Waals surface area contributed by atoms with E-state index in [2.05, 4.69) is 21.8 Å². The Bertz CT molecular complexity index is 1170. The van der Waals surface area contributed by atoms with Crippen molar-refractivity contribution in [3.8, 4) is 18.1 Å². The van der Waals surface area contributed by atoms with Gasteiger partial charge in [-0.3, -0.25) is 9.59 Å². The molecule has 3 aromatic carbocycles. The first-order valence-corrected chi connectivity index (χ1v) is 9.90. The van der Waals surface area contributed by atoms with E-state index in [1.807, 2.05) is 36.4 Å². The van der Waals surface area contributed by atoms with Crippen molar-refractivity contribution in [3.05, 3.63) is 71.2 Å². The topological polar surface area (TPSA) is 79.8 Å². The number of halogens is 1. The predicted octanol–water partition coefficient (Wildman–Crippen LogP) is 4.37. The first-order valence-electron chi connectivity index (χ1n) is 9.52. The number of amides is 2. The fourth-order valence-electron chi connectivity index (χ4n) is 2.90. The Labute approximate surface area is 185 Å². The average Bonchev–Trinajstić information content (AvgIpc) is 2.77. The summed E-state index contributed by atoms with van der Waals surface area (Å²) in [6, 6.07) is 18.3. The number of carbonyl (C=O) groups excluding carboxylic acids is 2. The number of ether oxygens (including phenoxy) is 1. The summed E-state index contributed by atoms with van der Waals surface area (Å²) in [4.78, 5) is 24.1. The number of hydrogen-bond donors (Lipinski definition) is 2. The van der Waals surface area contributed by atoms with Gasteiger partial charge in [0.2, 0.25) is 11.8 Å². The van der Waals surface area contributed by atoms with Crippen molar-refractivity contribution in [2.45, 2.75) is 12.8 Å². The zero-order chi connectivity index (χ0) is 22.1. The Hall–Kier alpha value is -3.82. The van der Waals surface area contributed by atoms with Crippen LogP contribution in [0.15, 0.2) is 65.8 Å². The molecule has 3 aromatic rings. The minimum atomic E-state index is -0.385. The molecule has 31 heavy (non-hydrogen) atoms. The number of carbonyl (C=O) groups is 2. The van der Waals surface area contributed by atoms with Gasteiger partial charge in [0.1, 0.15) is 12.4 Å². The van der Waals surface area contributed by atoms with Crippen LogP contribution in [0.2, 0.25) is 5.02 Å². The molecular weight excluding hydrogens is 414 g/mol. The zero-order valence-electron chi connectivity index (χ0n) is 16.6. The third-order valence-corrected chi connectivity index (χ3v) is 4.55. The Morgan fingerprint density at radius 1 is 1.06 bits per heavy atom. The van der Waals surface area contributed by atoms with E-state index in [1.165, 1.54) is 6.21 Å². The molecule has 0 atom stereocenters. The number of terminal acetylenes is 1. The molecule has 0 heterocycles. The summed E-state index contributed by atoms with van der Waals surface area (Å²) < 4.78 is 5.59. The molecule has 0 aliphatic heterocycles. The monoisotopic (exact) mass is 433 g/mol. The molecule has 0 bridgehead atoms. The van der Waals surface area contributed by atoms with Gasteiger partial charge in [-0.15, -0.1) is 6.42 Å². The Kier molecular flexibility index (Phi) is 7.63. The molecule has 0 fully saturated rings. The second-order valence-electron chi connectivity index (χ2n) is 6.54. The standard InChI is InChI=1S/C24H20ClN3O3/c1-2-14-31-22-11-10-17-6-3-4-9-20(17)21(22)16-26-28-24(30)13-12-23(29)27-19-8-5-7-18(25)15-19/h1,3-11,15-16H,12-14H2,(H,27,29)(H,28,30). The van der Waals surface area contributed by atoms with Crippen LogP contribution < -0.4 is 15.5 Å². The van der Waals surface area contributed by atoms with Crippen molar-refractivity contribution in [1.82, 2.24) is 5.43 Å². The summed E-state index contributed by atoms with van der Waals surface area (Å²) in [6.45, 7) is 0.118. The number of nitrogens with zero attached hydrogens (tertiary/aromatic N) is 1. The van der Waals surface area contributed by atoms with Crippen LogP contribution in [0.5, 0.6) is 5.75 Å². The van der Waals surface area contributed by atoms with E-state index < -0.39 is 0 Å². The number of nitrogens with one attached hydrogen (secondary N) is 2. The first-order chi connectivity index (χ1) is 15.1. The van der Waals surface area contributed by atoms with Crippen molar-refractivity contribution in [1.29, 1.82) is 0 Å². The molecule has 156 valence electrons. The van der Waals surface area contributed by atoms with Crippen LogP contribution in [-0.2, 0) is 9.59 Å². The van der Waals surface area contributed by atoms with Gasteiger partial charge in [-0.25, -0.2) is 5.43 Å².